The van der Waals surface area contributed by atoms with Crippen LogP contribution in [0.5, 0.6) is 0 Å². The molecule has 0 spiro atoms. The van der Waals surface area contributed by atoms with Crippen LogP contribution in [-0.4, -0.2) is 34.3 Å². The standard InChI is InChI=1S/C12H12Cl2N6/c13-8-3-1-2-7(9(8)14)10-11(16)17-12(19-18-10)20-4-6(15)5-20/h1-3,6H,4-5,15H2,(H2,16,17,19). The molecule has 2 aromatic rings. The molecule has 20 heavy (non-hydrogen) atoms. The Morgan fingerprint density at radius 2 is 1.95 bits per heavy atom. The molecule has 1 aliphatic heterocycles. The molecule has 0 unspecified atom stereocenters. The molecule has 0 atom stereocenters. The van der Waals surface area contributed by atoms with Crippen molar-refractivity contribution in [1.82, 2.24) is 15.2 Å². The van der Waals surface area contributed by atoms with Gasteiger partial charge in [-0.2, -0.15) is 4.98 Å². The summed E-state index contributed by atoms with van der Waals surface area (Å²) in [6.07, 6.45) is 0. The molecule has 8 heteroatoms. The van der Waals surface area contributed by atoms with Gasteiger partial charge >= 0.3 is 0 Å². The van der Waals surface area contributed by atoms with Crippen molar-refractivity contribution in [3.05, 3.63) is 28.2 Å². The summed E-state index contributed by atoms with van der Waals surface area (Å²) in [4.78, 5) is 6.16. The van der Waals surface area contributed by atoms with Gasteiger partial charge in [0.25, 0.3) is 0 Å². The van der Waals surface area contributed by atoms with E-state index < -0.39 is 0 Å². The highest BCUT2D eigenvalue weighted by atomic mass is 35.5. The summed E-state index contributed by atoms with van der Waals surface area (Å²) in [5.41, 5.74) is 12.7. The fourth-order valence-electron chi connectivity index (χ4n) is 2.02. The lowest BCUT2D eigenvalue weighted by Crippen LogP contribution is -2.56. The third-order valence-electron chi connectivity index (χ3n) is 3.10. The summed E-state index contributed by atoms with van der Waals surface area (Å²) >= 11 is 12.1. The van der Waals surface area contributed by atoms with Crippen molar-refractivity contribution in [3.8, 4) is 11.3 Å². The van der Waals surface area contributed by atoms with Gasteiger partial charge in [0, 0.05) is 24.7 Å². The van der Waals surface area contributed by atoms with E-state index in [9.17, 15) is 0 Å². The number of hydrogen-bond acceptors (Lipinski definition) is 6. The quantitative estimate of drug-likeness (QED) is 0.874. The van der Waals surface area contributed by atoms with Crippen LogP contribution in [0.3, 0.4) is 0 Å². The lowest BCUT2D eigenvalue weighted by Gasteiger charge is -2.36. The number of nitrogen functional groups attached to an aromatic ring is 1. The molecular formula is C12H12Cl2N6. The normalized spacial score (nSPS) is 15.2. The molecule has 4 N–H and O–H groups in total. The summed E-state index contributed by atoms with van der Waals surface area (Å²) in [6, 6.07) is 5.39. The van der Waals surface area contributed by atoms with Crippen LogP contribution in [0.1, 0.15) is 0 Å². The Bertz CT molecular complexity index is 656. The third kappa shape index (κ3) is 2.26. The number of nitrogens with two attached hydrogens (primary N) is 2. The molecule has 6 nitrogen and oxygen atoms in total. The van der Waals surface area contributed by atoms with E-state index in [1.807, 2.05) is 4.90 Å². The second-order valence-corrected chi connectivity index (χ2v) is 5.40. The number of anilines is 2. The molecule has 104 valence electrons. The van der Waals surface area contributed by atoms with Crippen molar-refractivity contribution in [2.75, 3.05) is 23.7 Å². The van der Waals surface area contributed by atoms with E-state index in [2.05, 4.69) is 15.2 Å². The van der Waals surface area contributed by atoms with Crippen LogP contribution in [-0.2, 0) is 0 Å². The Kier molecular flexibility index (Phi) is 3.37. The molecule has 3 rings (SSSR count). The molecule has 1 aromatic heterocycles. The highest BCUT2D eigenvalue weighted by molar-refractivity contribution is 6.43. The van der Waals surface area contributed by atoms with Gasteiger partial charge in [0.15, 0.2) is 5.82 Å². The van der Waals surface area contributed by atoms with Gasteiger partial charge in [-0.3, -0.25) is 0 Å². The van der Waals surface area contributed by atoms with Crippen molar-refractivity contribution < 1.29 is 0 Å². The van der Waals surface area contributed by atoms with E-state index in [4.69, 9.17) is 34.7 Å². The van der Waals surface area contributed by atoms with Crippen LogP contribution in [0.15, 0.2) is 18.2 Å². The van der Waals surface area contributed by atoms with Gasteiger partial charge in [0.1, 0.15) is 5.69 Å². The van der Waals surface area contributed by atoms with Gasteiger partial charge in [-0.05, 0) is 6.07 Å². The van der Waals surface area contributed by atoms with Crippen molar-refractivity contribution in [2.24, 2.45) is 5.73 Å². The zero-order chi connectivity index (χ0) is 14.3. The zero-order valence-corrected chi connectivity index (χ0v) is 11.9. The summed E-state index contributed by atoms with van der Waals surface area (Å²) in [6.45, 7) is 1.41. The van der Waals surface area contributed by atoms with Crippen molar-refractivity contribution >= 4 is 35.0 Å². The maximum atomic E-state index is 6.15. The number of benzene rings is 1. The Hall–Kier alpha value is -1.63. The van der Waals surface area contributed by atoms with Crippen LogP contribution in [0, 0.1) is 0 Å². The maximum Gasteiger partial charge on any atom is 0.247 e. The molecule has 0 radical (unpaired) electrons. The van der Waals surface area contributed by atoms with Crippen molar-refractivity contribution in [2.45, 2.75) is 6.04 Å². The van der Waals surface area contributed by atoms with E-state index in [1.165, 1.54) is 0 Å². The van der Waals surface area contributed by atoms with Gasteiger partial charge in [-0.15, -0.1) is 10.2 Å². The van der Waals surface area contributed by atoms with Crippen molar-refractivity contribution in [1.29, 1.82) is 0 Å². The predicted molar refractivity (Wildman–Crippen MR) is 79.9 cm³/mol. The Morgan fingerprint density at radius 1 is 1.20 bits per heavy atom. The molecule has 0 bridgehead atoms. The van der Waals surface area contributed by atoms with Crippen LogP contribution in [0.2, 0.25) is 10.0 Å². The Morgan fingerprint density at radius 3 is 2.60 bits per heavy atom. The fourth-order valence-corrected chi connectivity index (χ4v) is 2.41. The van der Waals surface area contributed by atoms with Gasteiger partial charge in [0.05, 0.1) is 10.0 Å². The van der Waals surface area contributed by atoms with E-state index >= 15 is 0 Å². The maximum absolute atomic E-state index is 6.15. The first-order valence-electron chi connectivity index (χ1n) is 6.01. The number of aromatic nitrogens is 3. The third-order valence-corrected chi connectivity index (χ3v) is 3.92. The average molecular weight is 311 g/mol. The van der Waals surface area contributed by atoms with Gasteiger partial charge in [0.2, 0.25) is 5.95 Å². The number of rotatable bonds is 2. The highest BCUT2D eigenvalue weighted by Gasteiger charge is 2.26. The lowest BCUT2D eigenvalue weighted by atomic mass is 10.1. The summed E-state index contributed by atoms with van der Waals surface area (Å²) in [7, 11) is 0. The summed E-state index contributed by atoms with van der Waals surface area (Å²) in [5.74, 6) is 0.741. The van der Waals surface area contributed by atoms with E-state index in [0.717, 1.165) is 0 Å². The first kappa shape index (κ1) is 13.4. The molecule has 1 aromatic carbocycles. The first-order chi connectivity index (χ1) is 9.56. The number of hydrogen-bond donors (Lipinski definition) is 2. The predicted octanol–water partition coefficient (Wildman–Crippen LogP) is 1.57. The second-order valence-electron chi connectivity index (χ2n) is 4.61. The van der Waals surface area contributed by atoms with Crippen LogP contribution in [0.25, 0.3) is 11.3 Å². The molecule has 1 aliphatic rings. The van der Waals surface area contributed by atoms with E-state index in [0.29, 0.717) is 40.3 Å². The second kappa shape index (κ2) is 5.05. The Balaban J connectivity index is 1.97. The molecule has 0 amide bonds. The smallest absolute Gasteiger partial charge is 0.247 e. The minimum absolute atomic E-state index is 0.155. The highest BCUT2D eigenvalue weighted by Crippen LogP contribution is 2.34. The van der Waals surface area contributed by atoms with Crippen LogP contribution >= 0.6 is 23.2 Å². The summed E-state index contributed by atoms with van der Waals surface area (Å²) < 4.78 is 0. The van der Waals surface area contributed by atoms with E-state index in [1.54, 1.807) is 18.2 Å². The fraction of sp³-hybridized carbons (Fsp3) is 0.250. The van der Waals surface area contributed by atoms with Crippen molar-refractivity contribution in [3.63, 3.8) is 0 Å². The minimum Gasteiger partial charge on any atom is -0.382 e. The number of halogens is 2. The zero-order valence-electron chi connectivity index (χ0n) is 10.4. The molecule has 2 heterocycles. The van der Waals surface area contributed by atoms with Crippen LogP contribution in [0.4, 0.5) is 11.8 Å². The topological polar surface area (TPSA) is 94.0 Å². The Labute approximate surface area is 125 Å². The lowest BCUT2D eigenvalue weighted by molar-refractivity contribution is 0.506. The van der Waals surface area contributed by atoms with Gasteiger partial charge in [-0.25, -0.2) is 0 Å². The van der Waals surface area contributed by atoms with Crippen LogP contribution < -0.4 is 16.4 Å². The average Bonchev–Trinajstić information content (AvgIpc) is 2.39. The first-order valence-corrected chi connectivity index (χ1v) is 6.77. The summed E-state index contributed by atoms with van der Waals surface area (Å²) in [5, 5.41) is 9.00. The largest absolute Gasteiger partial charge is 0.382 e. The molecule has 1 saturated heterocycles. The molecule has 0 aliphatic carbocycles. The number of nitrogens with zero attached hydrogens (tertiary/aromatic N) is 4. The molecule has 0 saturated carbocycles. The van der Waals surface area contributed by atoms with Gasteiger partial charge < -0.3 is 16.4 Å². The minimum atomic E-state index is 0.155. The molecule has 1 fully saturated rings. The SMILES string of the molecule is Nc1nc(N2CC(N)C2)nnc1-c1cccc(Cl)c1Cl. The molecular weight excluding hydrogens is 299 g/mol. The van der Waals surface area contributed by atoms with Gasteiger partial charge in [-0.1, -0.05) is 35.3 Å². The van der Waals surface area contributed by atoms with E-state index in [-0.39, 0.29) is 11.9 Å². The monoisotopic (exact) mass is 310 g/mol.